The number of unbranched alkanes of at least 4 members (excludes halogenated alkanes) is 2. The summed E-state index contributed by atoms with van der Waals surface area (Å²) in [5.41, 5.74) is 0.582. The minimum absolute atomic E-state index is 0.0729. The molecule has 0 fully saturated rings. The van der Waals surface area contributed by atoms with Gasteiger partial charge in [0, 0.05) is 12.1 Å². The average molecular weight is 410 g/mol. The van der Waals surface area contributed by atoms with Crippen LogP contribution in [0.1, 0.15) is 38.4 Å². The molecule has 3 N–H and O–H groups in total. The van der Waals surface area contributed by atoms with E-state index in [1.807, 2.05) is 0 Å². The van der Waals surface area contributed by atoms with E-state index in [9.17, 15) is 13.2 Å². The summed E-state index contributed by atoms with van der Waals surface area (Å²) in [5.74, 6) is 0.388. The molecular weight excluding hydrogens is 386 g/mol. The second-order valence-electron chi connectivity index (χ2n) is 5.89. The molecule has 0 bridgehead atoms. The summed E-state index contributed by atoms with van der Waals surface area (Å²) in [4.78, 5) is 11.9. The Bertz CT molecular complexity index is 847. The van der Waals surface area contributed by atoms with Gasteiger partial charge >= 0.3 is 0 Å². The molecule has 0 atom stereocenters. The first-order valence-corrected chi connectivity index (χ1v) is 10.5. The quantitative estimate of drug-likeness (QED) is 0.434. The van der Waals surface area contributed by atoms with Gasteiger partial charge < -0.3 is 15.1 Å². The van der Waals surface area contributed by atoms with Crippen molar-refractivity contribution in [1.82, 2.24) is 10.0 Å². The van der Waals surface area contributed by atoms with E-state index in [-0.39, 0.29) is 22.5 Å². The number of anilines is 1. The fraction of sp³-hybridized carbons (Fsp3) is 0.333. The van der Waals surface area contributed by atoms with Gasteiger partial charge in [0.15, 0.2) is 5.11 Å². The number of hydrogen-bond acceptors (Lipinski definition) is 5. The number of carbonyl (C=O) groups excluding carboxylic acids is 1. The topological polar surface area (TPSA) is 100 Å². The molecule has 0 aliphatic heterocycles. The molecule has 1 heterocycles. The predicted octanol–water partition coefficient (Wildman–Crippen LogP) is 3.15. The number of amides is 1. The Hall–Kier alpha value is -2.23. The van der Waals surface area contributed by atoms with Gasteiger partial charge in [0.2, 0.25) is 15.9 Å². The standard InChI is InChI=1S/C18H23N3O4S2/c1-2-3-4-7-17(22)21-18(26)20-14-8-10-16(11-9-14)27(23,24)19-13-15-6-5-12-25-15/h5-6,8-12,19H,2-4,7,13H2,1H3,(H2,20,21,22,26). The van der Waals surface area contributed by atoms with Crippen LogP contribution in [0.2, 0.25) is 0 Å². The normalized spacial score (nSPS) is 11.1. The maximum absolute atomic E-state index is 12.3. The number of nitrogens with one attached hydrogen (secondary N) is 3. The number of thiocarbonyl (C=S) groups is 1. The molecule has 2 rings (SSSR count). The minimum Gasteiger partial charge on any atom is -0.468 e. The lowest BCUT2D eigenvalue weighted by Crippen LogP contribution is -2.33. The maximum Gasteiger partial charge on any atom is 0.240 e. The lowest BCUT2D eigenvalue weighted by atomic mass is 10.2. The molecule has 0 aliphatic rings. The number of rotatable bonds is 9. The molecular formula is C18H23N3O4S2. The van der Waals surface area contributed by atoms with E-state index in [0.29, 0.717) is 17.9 Å². The third-order valence-corrected chi connectivity index (χ3v) is 5.32. The van der Waals surface area contributed by atoms with E-state index in [4.69, 9.17) is 16.6 Å². The molecule has 27 heavy (non-hydrogen) atoms. The first-order valence-electron chi connectivity index (χ1n) is 8.63. The highest BCUT2D eigenvalue weighted by atomic mass is 32.2. The zero-order valence-electron chi connectivity index (χ0n) is 15.0. The molecule has 2 aromatic rings. The summed E-state index contributed by atoms with van der Waals surface area (Å²) in [6.45, 7) is 2.14. The predicted molar refractivity (Wildman–Crippen MR) is 108 cm³/mol. The maximum atomic E-state index is 12.3. The van der Waals surface area contributed by atoms with E-state index in [1.54, 1.807) is 24.3 Å². The van der Waals surface area contributed by atoms with Crippen LogP contribution < -0.4 is 15.4 Å². The van der Waals surface area contributed by atoms with E-state index < -0.39 is 10.0 Å². The van der Waals surface area contributed by atoms with Crippen molar-refractivity contribution < 1.29 is 17.6 Å². The van der Waals surface area contributed by atoms with E-state index in [0.717, 1.165) is 19.3 Å². The van der Waals surface area contributed by atoms with Crippen LogP contribution in [0.15, 0.2) is 52.0 Å². The molecule has 146 valence electrons. The molecule has 1 aromatic carbocycles. The molecule has 0 radical (unpaired) electrons. The molecule has 0 saturated carbocycles. The summed E-state index contributed by atoms with van der Waals surface area (Å²) in [7, 11) is -3.65. The molecule has 1 amide bonds. The van der Waals surface area contributed by atoms with E-state index in [1.165, 1.54) is 18.4 Å². The van der Waals surface area contributed by atoms with Crippen molar-refractivity contribution in [3.8, 4) is 0 Å². The minimum atomic E-state index is -3.65. The summed E-state index contributed by atoms with van der Waals surface area (Å²) < 4.78 is 32.1. The number of hydrogen-bond donors (Lipinski definition) is 3. The van der Waals surface area contributed by atoms with Gasteiger partial charge in [-0.25, -0.2) is 13.1 Å². The fourth-order valence-electron chi connectivity index (χ4n) is 2.27. The number of carbonyl (C=O) groups is 1. The van der Waals surface area contributed by atoms with Crippen LogP contribution in [0, 0.1) is 0 Å². The average Bonchev–Trinajstić information content (AvgIpc) is 3.14. The first-order chi connectivity index (χ1) is 12.9. The van der Waals surface area contributed by atoms with Crippen molar-refractivity contribution in [3.63, 3.8) is 0 Å². The Balaban J connectivity index is 1.86. The zero-order chi connectivity index (χ0) is 19.7. The Morgan fingerprint density at radius 3 is 2.52 bits per heavy atom. The highest BCUT2D eigenvalue weighted by molar-refractivity contribution is 7.89. The van der Waals surface area contributed by atoms with Crippen molar-refractivity contribution in [2.75, 3.05) is 5.32 Å². The summed E-state index contributed by atoms with van der Waals surface area (Å²) in [6.07, 6.45) is 4.77. The number of furan rings is 1. The van der Waals surface area contributed by atoms with Crippen molar-refractivity contribution in [3.05, 3.63) is 48.4 Å². The lowest BCUT2D eigenvalue weighted by Gasteiger charge is -2.10. The molecule has 0 unspecified atom stereocenters. The summed E-state index contributed by atoms with van der Waals surface area (Å²) in [5, 5.41) is 5.66. The van der Waals surface area contributed by atoms with E-state index in [2.05, 4.69) is 22.3 Å². The molecule has 0 saturated heterocycles. The fourth-order valence-corrected chi connectivity index (χ4v) is 3.49. The van der Waals surface area contributed by atoms with Gasteiger partial charge in [-0.3, -0.25) is 4.79 Å². The summed E-state index contributed by atoms with van der Waals surface area (Å²) >= 11 is 5.10. The first kappa shape index (κ1) is 21.1. The zero-order valence-corrected chi connectivity index (χ0v) is 16.7. The Labute approximate surface area is 164 Å². The van der Waals surface area contributed by atoms with Gasteiger partial charge in [0.1, 0.15) is 5.76 Å². The largest absolute Gasteiger partial charge is 0.468 e. The van der Waals surface area contributed by atoms with Gasteiger partial charge in [0.05, 0.1) is 17.7 Å². The number of sulfonamides is 1. The third-order valence-electron chi connectivity index (χ3n) is 3.70. The molecule has 1 aromatic heterocycles. The van der Waals surface area contributed by atoms with Gasteiger partial charge in [-0.05, 0) is 55.0 Å². The van der Waals surface area contributed by atoms with Crippen LogP contribution >= 0.6 is 12.2 Å². The third kappa shape index (κ3) is 7.12. The monoisotopic (exact) mass is 409 g/mol. The van der Waals surface area contributed by atoms with Crippen molar-refractivity contribution >= 4 is 38.9 Å². The van der Waals surface area contributed by atoms with Crippen LogP contribution in [0.5, 0.6) is 0 Å². The van der Waals surface area contributed by atoms with E-state index >= 15 is 0 Å². The van der Waals surface area contributed by atoms with Gasteiger partial charge in [-0.15, -0.1) is 0 Å². The van der Waals surface area contributed by atoms with Crippen LogP contribution in [-0.2, 0) is 21.4 Å². The van der Waals surface area contributed by atoms with Gasteiger partial charge in [-0.1, -0.05) is 19.8 Å². The van der Waals surface area contributed by atoms with Crippen LogP contribution in [0.25, 0.3) is 0 Å². The second kappa shape index (κ2) is 10.2. The van der Waals surface area contributed by atoms with Gasteiger partial charge in [0.25, 0.3) is 0 Å². The lowest BCUT2D eigenvalue weighted by molar-refractivity contribution is -0.119. The Morgan fingerprint density at radius 1 is 1.15 bits per heavy atom. The Kier molecular flexibility index (Phi) is 7.96. The summed E-state index contributed by atoms with van der Waals surface area (Å²) in [6, 6.07) is 9.45. The smallest absolute Gasteiger partial charge is 0.240 e. The molecule has 0 spiro atoms. The highest BCUT2D eigenvalue weighted by Crippen LogP contribution is 2.14. The van der Waals surface area contributed by atoms with Crippen LogP contribution in [0.3, 0.4) is 0 Å². The van der Waals surface area contributed by atoms with Crippen LogP contribution in [0.4, 0.5) is 5.69 Å². The molecule has 7 nitrogen and oxygen atoms in total. The highest BCUT2D eigenvalue weighted by Gasteiger charge is 2.14. The van der Waals surface area contributed by atoms with Gasteiger partial charge in [-0.2, -0.15) is 0 Å². The second-order valence-corrected chi connectivity index (χ2v) is 8.06. The van der Waals surface area contributed by atoms with Crippen LogP contribution in [-0.4, -0.2) is 19.4 Å². The van der Waals surface area contributed by atoms with Crippen molar-refractivity contribution in [2.45, 2.75) is 44.0 Å². The van der Waals surface area contributed by atoms with Crippen molar-refractivity contribution in [2.24, 2.45) is 0 Å². The van der Waals surface area contributed by atoms with Crippen molar-refractivity contribution in [1.29, 1.82) is 0 Å². The molecule has 9 heteroatoms. The Morgan fingerprint density at radius 2 is 1.89 bits per heavy atom. The SMILES string of the molecule is CCCCCC(=O)NC(=S)Nc1ccc(S(=O)(=O)NCc2ccco2)cc1. The number of benzene rings is 1. The molecule has 0 aliphatic carbocycles.